The van der Waals surface area contributed by atoms with Crippen LogP contribution in [-0.4, -0.2) is 40.9 Å². The SMILES string of the molecule is CCN1C(=O)C2CCCCCN2C1=O. The van der Waals surface area contributed by atoms with E-state index in [1.807, 2.05) is 6.92 Å². The molecule has 0 aromatic rings. The molecule has 0 aliphatic carbocycles. The maximum Gasteiger partial charge on any atom is 0.327 e. The van der Waals surface area contributed by atoms with Gasteiger partial charge >= 0.3 is 6.03 Å². The fourth-order valence-corrected chi connectivity index (χ4v) is 2.31. The van der Waals surface area contributed by atoms with Crippen LogP contribution >= 0.6 is 0 Å². The number of nitrogens with zero attached hydrogens (tertiary/aromatic N) is 2. The lowest BCUT2D eigenvalue weighted by Crippen LogP contribution is -2.34. The first-order valence-corrected chi connectivity index (χ1v) is 5.37. The van der Waals surface area contributed by atoms with Gasteiger partial charge in [0.15, 0.2) is 0 Å². The van der Waals surface area contributed by atoms with Crippen molar-refractivity contribution in [3.05, 3.63) is 0 Å². The smallest absolute Gasteiger partial charge is 0.312 e. The molecule has 0 bridgehead atoms. The van der Waals surface area contributed by atoms with E-state index in [1.165, 1.54) is 4.90 Å². The molecule has 2 rings (SSSR count). The van der Waals surface area contributed by atoms with E-state index in [0.29, 0.717) is 6.54 Å². The van der Waals surface area contributed by atoms with Gasteiger partial charge in [-0.3, -0.25) is 9.69 Å². The van der Waals surface area contributed by atoms with Crippen molar-refractivity contribution < 1.29 is 9.59 Å². The van der Waals surface area contributed by atoms with Crippen molar-refractivity contribution in [1.29, 1.82) is 0 Å². The molecule has 0 radical (unpaired) electrons. The largest absolute Gasteiger partial charge is 0.327 e. The summed E-state index contributed by atoms with van der Waals surface area (Å²) in [6, 6.07) is -0.227. The van der Waals surface area contributed by atoms with Crippen molar-refractivity contribution in [3.8, 4) is 0 Å². The Balaban J connectivity index is 2.21. The third-order valence-corrected chi connectivity index (χ3v) is 3.10. The Morgan fingerprint density at radius 2 is 2.07 bits per heavy atom. The van der Waals surface area contributed by atoms with Gasteiger partial charge < -0.3 is 4.90 Å². The Hall–Kier alpha value is -1.06. The molecular weight excluding hydrogens is 180 g/mol. The molecule has 0 spiro atoms. The van der Waals surface area contributed by atoms with Crippen LogP contribution in [0.2, 0.25) is 0 Å². The highest BCUT2D eigenvalue weighted by molar-refractivity contribution is 6.04. The molecule has 2 saturated heterocycles. The third-order valence-electron chi connectivity index (χ3n) is 3.10. The van der Waals surface area contributed by atoms with Gasteiger partial charge in [-0.2, -0.15) is 0 Å². The van der Waals surface area contributed by atoms with Crippen LogP contribution in [0, 0.1) is 0 Å². The first kappa shape index (κ1) is 9.49. The first-order valence-electron chi connectivity index (χ1n) is 5.37. The third kappa shape index (κ3) is 1.29. The molecule has 78 valence electrons. The van der Waals surface area contributed by atoms with E-state index >= 15 is 0 Å². The molecule has 0 aromatic carbocycles. The van der Waals surface area contributed by atoms with Crippen molar-refractivity contribution in [3.63, 3.8) is 0 Å². The molecule has 14 heavy (non-hydrogen) atoms. The molecule has 2 heterocycles. The highest BCUT2D eigenvalue weighted by Crippen LogP contribution is 2.25. The van der Waals surface area contributed by atoms with E-state index < -0.39 is 0 Å². The van der Waals surface area contributed by atoms with Gasteiger partial charge in [0.1, 0.15) is 6.04 Å². The van der Waals surface area contributed by atoms with Gasteiger partial charge in [-0.25, -0.2) is 4.79 Å². The molecule has 2 aliphatic rings. The Morgan fingerprint density at radius 3 is 2.79 bits per heavy atom. The summed E-state index contributed by atoms with van der Waals surface area (Å²) in [4.78, 5) is 26.7. The van der Waals surface area contributed by atoms with E-state index in [4.69, 9.17) is 0 Å². The van der Waals surface area contributed by atoms with Gasteiger partial charge in [0.05, 0.1) is 0 Å². The predicted octanol–water partition coefficient (Wildman–Crippen LogP) is 1.21. The lowest BCUT2D eigenvalue weighted by Gasteiger charge is -2.17. The summed E-state index contributed by atoms with van der Waals surface area (Å²) in [7, 11) is 0. The number of rotatable bonds is 1. The summed E-state index contributed by atoms with van der Waals surface area (Å²) >= 11 is 0. The first-order chi connectivity index (χ1) is 6.75. The quantitative estimate of drug-likeness (QED) is 0.591. The number of likely N-dealkylation sites (N-methyl/N-ethyl adjacent to an activating group) is 1. The number of hydrogen-bond donors (Lipinski definition) is 0. The van der Waals surface area contributed by atoms with Crippen LogP contribution in [0.5, 0.6) is 0 Å². The minimum absolute atomic E-state index is 0.0133. The lowest BCUT2D eigenvalue weighted by molar-refractivity contribution is -0.128. The number of fused-ring (bicyclic) bond motifs is 1. The van der Waals surface area contributed by atoms with Crippen LogP contribution in [0.1, 0.15) is 32.6 Å². The number of carbonyl (C=O) groups is 2. The molecule has 1 atom stereocenters. The summed E-state index contributed by atoms with van der Waals surface area (Å²) < 4.78 is 0. The van der Waals surface area contributed by atoms with E-state index in [2.05, 4.69) is 0 Å². The Bertz CT molecular complexity index is 241. The minimum atomic E-state index is -0.148. The summed E-state index contributed by atoms with van der Waals surface area (Å²) in [5, 5.41) is 0. The van der Waals surface area contributed by atoms with E-state index in [1.54, 1.807) is 4.90 Å². The predicted molar refractivity (Wildman–Crippen MR) is 51.7 cm³/mol. The summed E-state index contributed by atoms with van der Waals surface area (Å²) in [6.07, 6.45) is 4.09. The molecule has 4 nitrogen and oxygen atoms in total. The standard InChI is InChI=1S/C10H16N2O2/c1-2-11-9(13)8-6-4-3-5-7-12(8)10(11)14/h8H,2-7H2,1H3. The van der Waals surface area contributed by atoms with Gasteiger partial charge in [-0.05, 0) is 19.8 Å². The fraction of sp³-hybridized carbons (Fsp3) is 0.800. The van der Waals surface area contributed by atoms with Gasteiger partial charge in [0, 0.05) is 13.1 Å². The number of imide groups is 1. The maximum atomic E-state index is 11.8. The highest BCUT2D eigenvalue weighted by atomic mass is 16.2. The number of amides is 3. The number of hydrogen-bond acceptors (Lipinski definition) is 2. The summed E-state index contributed by atoms with van der Waals surface area (Å²) in [5.74, 6) is 0.0133. The Morgan fingerprint density at radius 1 is 1.29 bits per heavy atom. The minimum Gasteiger partial charge on any atom is -0.312 e. The molecule has 0 saturated carbocycles. The van der Waals surface area contributed by atoms with Gasteiger partial charge in [-0.1, -0.05) is 12.8 Å². The van der Waals surface area contributed by atoms with Crippen LogP contribution < -0.4 is 0 Å². The molecular formula is C10H16N2O2. The van der Waals surface area contributed by atoms with Gasteiger partial charge in [-0.15, -0.1) is 0 Å². The molecule has 2 aliphatic heterocycles. The average molecular weight is 196 g/mol. The molecule has 0 N–H and O–H groups in total. The highest BCUT2D eigenvalue weighted by Gasteiger charge is 2.43. The van der Waals surface area contributed by atoms with Crippen LogP contribution in [0.15, 0.2) is 0 Å². The normalized spacial score (nSPS) is 27.9. The van der Waals surface area contributed by atoms with E-state index in [9.17, 15) is 9.59 Å². The summed E-state index contributed by atoms with van der Waals surface area (Å²) in [5.41, 5.74) is 0. The monoisotopic (exact) mass is 196 g/mol. The zero-order valence-electron chi connectivity index (χ0n) is 8.53. The van der Waals surface area contributed by atoms with Crippen LogP contribution in [0.25, 0.3) is 0 Å². The second kappa shape index (κ2) is 3.59. The molecule has 2 fully saturated rings. The average Bonchev–Trinajstić information content (AvgIpc) is 2.39. The fourth-order valence-electron chi connectivity index (χ4n) is 2.31. The second-order valence-corrected chi connectivity index (χ2v) is 3.92. The van der Waals surface area contributed by atoms with Crippen molar-refractivity contribution in [2.75, 3.05) is 13.1 Å². The molecule has 3 amide bonds. The van der Waals surface area contributed by atoms with Crippen LogP contribution in [0.4, 0.5) is 4.79 Å². The van der Waals surface area contributed by atoms with Gasteiger partial charge in [0.25, 0.3) is 5.91 Å². The maximum absolute atomic E-state index is 11.8. The Labute approximate surface area is 83.9 Å². The van der Waals surface area contributed by atoms with E-state index in [0.717, 1.165) is 32.2 Å². The zero-order valence-corrected chi connectivity index (χ0v) is 8.53. The number of carbonyl (C=O) groups excluding carboxylic acids is 2. The topological polar surface area (TPSA) is 40.6 Å². The molecule has 4 heteroatoms. The lowest BCUT2D eigenvalue weighted by atomic mass is 10.1. The zero-order chi connectivity index (χ0) is 10.1. The Kier molecular flexibility index (Phi) is 2.44. The number of urea groups is 1. The van der Waals surface area contributed by atoms with Crippen molar-refractivity contribution in [2.45, 2.75) is 38.6 Å². The summed E-state index contributed by atoms with van der Waals surface area (Å²) in [6.45, 7) is 3.11. The van der Waals surface area contributed by atoms with Crippen molar-refractivity contribution in [2.24, 2.45) is 0 Å². The van der Waals surface area contributed by atoms with Crippen molar-refractivity contribution in [1.82, 2.24) is 9.80 Å². The van der Waals surface area contributed by atoms with Crippen LogP contribution in [-0.2, 0) is 4.79 Å². The van der Waals surface area contributed by atoms with Crippen LogP contribution in [0.3, 0.4) is 0 Å². The van der Waals surface area contributed by atoms with Gasteiger partial charge in [0.2, 0.25) is 0 Å². The van der Waals surface area contributed by atoms with Crippen molar-refractivity contribution >= 4 is 11.9 Å². The molecule has 1 unspecified atom stereocenters. The second-order valence-electron chi connectivity index (χ2n) is 3.92. The van der Waals surface area contributed by atoms with E-state index in [-0.39, 0.29) is 18.0 Å². The molecule has 0 aromatic heterocycles.